The van der Waals surface area contributed by atoms with Crippen molar-refractivity contribution < 1.29 is 9.59 Å². The Labute approximate surface area is 186 Å². The topological polar surface area (TPSA) is 95.2 Å². The standard InChI is InChI=1S/C25H25N5O2/c1-15-5-6-17(14-31)12-21(15)28-20-9-10-26-24-23(20)25(32)30-22-11-16(7-8-19(22)29-24)13-27-18-3-2-4-18/h5-12,14,18,27H,2-4,13H2,1H3,(H,30,32)(H2,26,28,29). The van der Waals surface area contributed by atoms with Gasteiger partial charge in [-0.25, -0.2) is 4.98 Å². The number of aldehydes is 1. The second-order valence-corrected chi connectivity index (χ2v) is 8.37. The lowest BCUT2D eigenvalue weighted by Crippen LogP contribution is -2.34. The molecule has 0 atom stereocenters. The van der Waals surface area contributed by atoms with Crippen LogP contribution in [0.5, 0.6) is 0 Å². The monoisotopic (exact) mass is 427 g/mol. The van der Waals surface area contributed by atoms with Gasteiger partial charge >= 0.3 is 0 Å². The number of benzene rings is 2. The van der Waals surface area contributed by atoms with Crippen LogP contribution in [0.25, 0.3) is 0 Å². The van der Waals surface area contributed by atoms with Crippen LogP contribution in [-0.2, 0) is 6.54 Å². The van der Waals surface area contributed by atoms with Crippen LogP contribution in [0.2, 0.25) is 0 Å². The lowest BCUT2D eigenvalue weighted by Gasteiger charge is -2.26. The molecule has 0 radical (unpaired) electrons. The number of aryl methyl sites for hydroxylation is 1. The number of nitrogens with zero attached hydrogens (tertiary/aromatic N) is 1. The molecule has 162 valence electrons. The first kappa shape index (κ1) is 20.2. The van der Waals surface area contributed by atoms with E-state index in [1.807, 2.05) is 25.1 Å². The van der Waals surface area contributed by atoms with E-state index in [4.69, 9.17) is 0 Å². The Morgan fingerprint density at radius 1 is 1.06 bits per heavy atom. The minimum Gasteiger partial charge on any atom is -0.354 e. The van der Waals surface area contributed by atoms with E-state index >= 15 is 0 Å². The highest BCUT2D eigenvalue weighted by atomic mass is 16.1. The quantitative estimate of drug-likeness (QED) is 0.418. The molecule has 1 saturated carbocycles. The van der Waals surface area contributed by atoms with Gasteiger partial charge in [0.1, 0.15) is 17.7 Å². The fourth-order valence-corrected chi connectivity index (χ4v) is 3.98. The second kappa shape index (κ2) is 8.43. The van der Waals surface area contributed by atoms with Gasteiger partial charge in [0.25, 0.3) is 5.91 Å². The van der Waals surface area contributed by atoms with E-state index in [9.17, 15) is 9.59 Å². The molecular formula is C25H25N5O2. The van der Waals surface area contributed by atoms with Gasteiger partial charge in [-0.1, -0.05) is 24.6 Å². The summed E-state index contributed by atoms with van der Waals surface area (Å²) in [6, 6.07) is 13.8. The Morgan fingerprint density at radius 3 is 2.72 bits per heavy atom. The van der Waals surface area contributed by atoms with Crippen LogP contribution in [0, 0.1) is 6.92 Å². The maximum absolute atomic E-state index is 13.2. The molecule has 32 heavy (non-hydrogen) atoms. The average Bonchev–Trinajstić information content (AvgIpc) is 2.90. The summed E-state index contributed by atoms with van der Waals surface area (Å²) in [4.78, 5) is 28.8. The second-order valence-electron chi connectivity index (χ2n) is 8.37. The number of hydrogen-bond acceptors (Lipinski definition) is 6. The first-order chi connectivity index (χ1) is 15.6. The van der Waals surface area contributed by atoms with Crippen LogP contribution >= 0.6 is 0 Å². The zero-order valence-electron chi connectivity index (χ0n) is 17.9. The van der Waals surface area contributed by atoms with Gasteiger partial charge in [-0.3, -0.25) is 9.59 Å². The first-order valence-electron chi connectivity index (χ1n) is 10.9. The summed E-state index contributed by atoms with van der Waals surface area (Å²) < 4.78 is 0. The number of amides is 1. The molecule has 0 unspecified atom stereocenters. The highest BCUT2D eigenvalue weighted by Gasteiger charge is 2.24. The molecule has 0 saturated heterocycles. The fraction of sp³-hybridized carbons (Fsp3) is 0.240. The molecule has 2 aliphatic rings. The zero-order chi connectivity index (χ0) is 22.1. The number of anilines is 5. The van der Waals surface area contributed by atoms with Gasteiger partial charge < -0.3 is 21.3 Å². The maximum Gasteiger partial charge on any atom is 0.261 e. The van der Waals surface area contributed by atoms with Crippen molar-refractivity contribution in [1.29, 1.82) is 0 Å². The van der Waals surface area contributed by atoms with Gasteiger partial charge in [-0.15, -0.1) is 0 Å². The third-order valence-corrected chi connectivity index (χ3v) is 6.13. The van der Waals surface area contributed by atoms with Crippen molar-refractivity contribution in [1.82, 2.24) is 10.3 Å². The number of aromatic nitrogens is 1. The molecule has 1 aliphatic heterocycles. The average molecular weight is 428 g/mol. The summed E-state index contributed by atoms with van der Waals surface area (Å²) in [5.74, 6) is 0.242. The number of carbonyl (C=O) groups is 2. The van der Waals surface area contributed by atoms with E-state index in [-0.39, 0.29) is 5.91 Å². The zero-order valence-corrected chi connectivity index (χ0v) is 17.9. The van der Waals surface area contributed by atoms with Crippen LogP contribution in [0.15, 0.2) is 48.7 Å². The molecule has 7 heteroatoms. The van der Waals surface area contributed by atoms with Crippen molar-refractivity contribution in [2.24, 2.45) is 0 Å². The van der Waals surface area contributed by atoms with Crippen LogP contribution in [-0.4, -0.2) is 23.2 Å². The summed E-state index contributed by atoms with van der Waals surface area (Å²) >= 11 is 0. The Bertz CT molecular complexity index is 1200. The molecule has 1 amide bonds. The number of fused-ring (bicyclic) bond motifs is 2. The minimum atomic E-state index is -0.241. The molecule has 7 nitrogen and oxygen atoms in total. The van der Waals surface area contributed by atoms with Crippen LogP contribution in [0.3, 0.4) is 0 Å². The van der Waals surface area contributed by atoms with E-state index in [0.717, 1.165) is 41.0 Å². The summed E-state index contributed by atoms with van der Waals surface area (Å²) in [6.07, 6.45) is 6.22. The van der Waals surface area contributed by atoms with Crippen LogP contribution in [0.4, 0.5) is 28.6 Å². The van der Waals surface area contributed by atoms with Crippen molar-refractivity contribution in [3.05, 3.63) is 70.9 Å². The van der Waals surface area contributed by atoms with Crippen LogP contribution in [0.1, 0.15) is 51.1 Å². The number of rotatable bonds is 6. The van der Waals surface area contributed by atoms with E-state index in [1.165, 1.54) is 19.3 Å². The number of pyridine rings is 1. The molecule has 0 spiro atoms. The van der Waals surface area contributed by atoms with Crippen molar-refractivity contribution in [3.63, 3.8) is 0 Å². The Hall–Kier alpha value is -3.71. The van der Waals surface area contributed by atoms with E-state index < -0.39 is 0 Å². The molecule has 2 heterocycles. The summed E-state index contributed by atoms with van der Waals surface area (Å²) in [6.45, 7) is 2.72. The number of hydrogen-bond donors (Lipinski definition) is 4. The minimum absolute atomic E-state index is 0.241. The predicted octanol–water partition coefficient (Wildman–Crippen LogP) is 4.90. The SMILES string of the molecule is Cc1ccc(C=O)cc1Nc1ccnc2c1C(=O)Nc1cc(CNC3CCC3)ccc1N2. The number of nitrogens with one attached hydrogen (secondary N) is 4. The van der Waals surface area contributed by atoms with Crippen molar-refractivity contribution in [2.45, 2.75) is 38.8 Å². The highest BCUT2D eigenvalue weighted by molar-refractivity contribution is 6.15. The van der Waals surface area contributed by atoms with Crippen molar-refractivity contribution in [3.8, 4) is 0 Å². The summed E-state index contributed by atoms with van der Waals surface area (Å²) in [7, 11) is 0. The van der Waals surface area contributed by atoms with Gasteiger partial charge in [0.2, 0.25) is 0 Å². The molecule has 3 aromatic rings. The van der Waals surface area contributed by atoms with Gasteiger partial charge in [-0.2, -0.15) is 0 Å². The molecular weight excluding hydrogens is 402 g/mol. The number of carbonyl (C=O) groups excluding carboxylic acids is 2. The van der Waals surface area contributed by atoms with Gasteiger partial charge in [0.15, 0.2) is 0 Å². The molecule has 0 bridgehead atoms. The fourth-order valence-electron chi connectivity index (χ4n) is 3.98. The molecule has 1 aliphatic carbocycles. The van der Waals surface area contributed by atoms with Gasteiger partial charge in [0.05, 0.1) is 17.1 Å². The van der Waals surface area contributed by atoms with Gasteiger partial charge in [-0.05, 0) is 55.2 Å². The molecule has 4 N–H and O–H groups in total. The largest absolute Gasteiger partial charge is 0.354 e. The third kappa shape index (κ3) is 3.94. The molecule has 1 fully saturated rings. The highest BCUT2D eigenvalue weighted by Crippen LogP contribution is 2.36. The third-order valence-electron chi connectivity index (χ3n) is 6.13. The van der Waals surface area contributed by atoms with E-state index in [1.54, 1.807) is 24.4 Å². The smallest absolute Gasteiger partial charge is 0.261 e. The van der Waals surface area contributed by atoms with Crippen LogP contribution < -0.4 is 21.3 Å². The Balaban J connectivity index is 1.43. The van der Waals surface area contributed by atoms with Crippen molar-refractivity contribution >= 4 is 40.8 Å². The molecule has 5 rings (SSSR count). The van der Waals surface area contributed by atoms with E-state index in [2.05, 4.69) is 32.3 Å². The van der Waals surface area contributed by atoms with E-state index in [0.29, 0.717) is 28.7 Å². The summed E-state index contributed by atoms with van der Waals surface area (Å²) in [5, 5.41) is 13.2. The first-order valence-corrected chi connectivity index (χ1v) is 10.9. The lowest BCUT2D eigenvalue weighted by atomic mass is 9.93. The maximum atomic E-state index is 13.2. The normalized spacial score (nSPS) is 14.8. The lowest BCUT2D eigenvalue weighted by molar-refractivity contribution is 0.102. The van der Waals surface area contributed by atoms with Gasteiger partial charge in [0, 0.05) is 30.0 Å². The van der Waals surface area contributed by atoms with Crippen molar-refractivity contribution in [2.75, 3.05) is 16.0 Å². The Kier molecular flexibility index (Phi) is 5.33. The Morgan fingerprint density at radius 2 is 1.94 bits per heavy atom. The predicted molar refractivity (Wildman–Crippen MR) is 126 cm³/mol. The molecule has 1 aromatic heterocycles. The molecule has 2 aromatic carbocycles. The summed E-state index contributed by atoms with van der Waals surface area (Å²) in [5.41, 5.74) is 5.99.